The van der Waals surface area contributed by atoms with Gasteiger partial charge in [0.05, 0.1) is 29.5 Å². The first kappa shape index (κ1) is 29.7. The number of hydrogen-bond acceptors (Lipinski definition) is 8. The Bertz CT molecular complexity index is 1440. The lowest BCUT2D eigenvalue weighted by Gasteiger charge is -2.48. The number of carbonyl (C=O) groups excluding carboxylic acids is 2. The third-order valence-electron chi connectivity index (χ3n) is 6.88. The molecule has 0 unspecified atom stereocenters. The fourth-order valence-corrected chi connectivity index (χ4v) is 4.62. The number of rotatable bonds is 7. The van der Waals surface area contributed by atoms with E-state index in [2.05, 4.69) is 15.3 Å². The van der Waals surface area contributed by atoms with Gasteiger partial charge in [-0.05, 0) is 46.8 Å². The van der Waals surface area contributed by atoms with E-state index >= 15 is 0 Å². The van der Waals surface area contributed by atoms with Crippen LogP contribution in [-0.2, 0) is 10.4 Å². The molecule has 0 saturated carbocycles. The summed E-state index contributed by atoms with van der Waals surface area (Å²) >= 11 is 0. The predicted molar refractivity (Wildman–Crippen MR) is 144 cm³/mol. The van der Waals surface area contributed by atoms with Gasteiger partial charge in [-0.1, -0.05) is 0 Å². The molecule has 11 nitrogen and oxygen atoms in total. The topological polar surface area (TPSA) is 135 Å². The molecule has 1 atom stereocenters. The van der Waals surface area contributed by atoms with Crippen molar-refractivity contribution in [1.29, 1.82) is 0 Å². The molecular formula is C28H32F2N6O5. The van der Waals surface area contributed by atoms with E-state index in [0.717, 1.165) is 12.1 Å². The molecule has 1 aromatic carbocycles. The molecule has 41 heavy (non-hydrogen) atoms. The van der Waals surface area contributed by atoms with Crippen LogP contribution in [0.3, 0.4) is 0 Å². The Kier molecular flexibility index (Phi) is 8.22. The van der Waals surface area contributed by atoms with Crippen molar-refractivity contribution in [3.8, 4) is 11.6 Å². The van der Waals surface area contributed by atoms with E-state index in [1.54, 1.807) is 11.8 Å². The Morgan fingerprint density at radius 1 is 1.17 bits per heavy atom. The molecule has 218 valence electrons. The molecule has 1 saturated heterocycles. The van der Waals surface area contributed by atoms with E-state index in [4.69, 9.17) is 4.74 Å². The number of nitrogens with one attached hydrogen (secondary N) is 1. The summed E-state index contributed by atoms with van der Waals surface area (Å²) in [5.41, 5.74) is -1.73. The van der Waals surface area contributed by atoms with Crippen LogP contribution in [0.2, 0.25) is 0 Å². The second kappa shape index (κ2) is 11.3. The van der Waals surface area contributed by atoms with Crippen molar-refractivity contribution in [3.63, 3.8) is 0 Å². The minimum Gasteiger partial charge on any atom is -0.618 e. The molecule has 0 bridgehead atoms. The second-order valence-electron chi connectivity index (χ2n) is 11.0. The molecule has 1 aliphatic rings. The van der Waals surface area contributed by atoms with Crippen LogP contribution in [0.5, 0.6) is 11.6 Å². The van der Waals surface area contributed by atoms with Gasteiger partial charge in [-0.25, -0.2) is 18.7 Å². The zero-order chi connectivity index (χ0) is 30.1. The maximum absolute atomic E-state index is 13.8. The van der Waals surface area contributed by atoms with Crippen molar-refractivity contribution in [2.45, 2.75) is 51.8 Å². The summed E-state index contributed by atoms with van der Waals surface area (Å²) in [7, 11) is 0. The summed E-state index contributed by atoms with van der Waals surface area (Å²) < 4.78 is 32.7. The van der Waals surface area contributed by atoms with Crippen LogP contribution in [0.25, 0.3) is 0 Å². The fourth-order valence-electron chi connectivity index (χ4n) is 4.62. The van der Waals surface area contributed by atoms with Crippen LogP contribution in [0.4, 0.5) is 14.6 Å². The molecule has 2 N–H and O–H groups in total. The van der Waals surface area contributed by atoms with E-state index < -0.39 is 28.8 Å². The zero-order valence-electron chi connectivity index (χ0n) is 23.4. The van der Waals surface area contributed by atoms with Crippen molar-refractivity contribution in [3.05, 3.63) is 77.0 Å². The van der Waals surface area contributed by atoms with Gasteiger partial charge in [0.1, 0.15) is 11.4 Å². The maximum Gasteiger partial charge on any atom is 0.254 e. The van der Waals surface area contributed by atoms with Crippen molar-refractivity contribution in [2.75, 3.05) is 25.0 Å². The van der Waals surface area contributed by atoms with Crippen molar-refractivity contribution < 1.29 is 32.9 Å². The van der Waals surface area contributed by atoms with Gasteiger partial charge in [0.15, 0.2) is 23.6 Å². The molecule has 1 fully saturated rings. The Morgan fingerprint density at radius 2 is 1.90 bits per heavy atom. The van der Waals surface area contributed by atoms with Crippen molar-refractivity contribution in [2.24, 2.45) is 0 Å². The number of aromatic nitrogens is 3. The molecule has 1 aliphatic heterocycles. The summed E-state index contributed by atoms with van der Waals surface area (Å²) in [4.78, 5) is 38.2. The molecule has 2 amide bonds. The minimum atomic E-state index is -1.42. The molecule has 0 aliphatic carbocycles. The number of aliphatic hydroxyl groups is 1. The minimum absolute atomic E-state index is 0.0396. The smallest absolute Gasteiger partial charge is 0.254 e. The molecule has 3 heterocycles. The monoisotopic (exact) mass is 570 g/mol. The highest BCUT2D eigenvalue weighted by Gasteiger charge is 2.40. The summed E-state index contributed by atoms with van der Waals surface area (Å²) in [6, 6.07) is 5.13. The number of halogens is 2. The number of amides is 2. The molecule has 2 aromatic heterocycles. The Balaban J connectivity index is 1.38. The number of ether oxygens (including phenoxy) is 1. The number of anilines is 1. The van der Waals surface area contributed by atoms with Crippen LogP contribution < -0.4 is 14.8 Å². The van der Waals surface area contributed by atoms with Gasteiger partial charge in [0.25, 0.3) is 5.91 Å². The fraction of sp³-hybridized carbons (Fsp3) is 0.393. The van der Waals surface area contributed by atoms with E-state index in [0.29, 0.717) is 30.4 Å². The average Bonchev–Trinajstić information content (AvgIpc) is 2.89. The average molecular weight is 571 g/mol. The standard InChI is InChI=1S/C28H32F2N6O5/c1-17(25(37)33-23-14-32-24(15-31-23)41-21-7-6-19(29)13-20(21)30)34-10-11-35(27(2,3)16-34)26(38)18-8-9-36(40)22(12-18)28(4,5)39/h6-9,12-15,17,39H,10-11,16H2,1-5H3,(H,31,33,37)/t17-/m0/s1. The Labute approximate surface area is 236 Å². The van der Waals surface area contributed by atoms with Crippen LogP contribution in [-0.4, -0.2) is 67.9 Å². The zero-order valence-corrected chi connectivity index (χ0v) is 23.4. The number of pyridine rings is 1. The lowest BCUT2D eigenvalue weighted by atomic mass is 9.95. The molecule has 13 heteroatoms. The van der Waals surface area contributed by atoms with Gasteiger partial charge >= 0.3 is 0 Å². The van der Waals surface area contributed by atoms with Crippen LogP contribution in [0.1, 0.15) is 50.7 Å². The maximum atomic E-state index is 13.8. The molecular weight excluding hydrogens is 538 g/mol. The number of piperazine rings is 1. The SMILES string of the molecule is C[C@@H](C(=O)Nc1cnc(Oc2ccc(F)cc2F)cn1)N1CCN(C(=O)c2cc[n+]([O-])c(C(C)(C)O)c2)C(C)(C)C1. The highest BCUT2D eigenvalue weighted by atomic mass is 19.1. The summed E-state index contributed by atoms with van der Waals surface area (Å²) in [6.45, 7) is 9.61. The molecule has 3 aromatic rings. The van der Waals surface area contributed by atoms with E-state index in [1.807, 2.05) is 18.7 Å². The number of benzene rings is 1. The van der Waals surface area contributed by atoms with Gasteiger partial charge in [-0.3, -0.25) is 14.5 Å². The highest BCUT2D eigenvalue weighted by Crippen LogP contribution is 2.27. The lowest BCUT2D eigenvalue weighted by Crippen LogP contribution is -2.63. The number of carbonyl (C=O) groups is 2. The first-order chi connectivity index (χ1) is 19.2. The Hall–Kier alpha value is -4.23. The quantitative estimate of drug-likeness (QED) is 0.327. The summed E-state index contributed by atoms with van der Waals surface area (Å²) in [5.74, 6) is -2.35. The normalized spacial score (nSPS) is 16.2. The predicted octanol–water partition coefficient (Wildman–Crippen LogP) is 2.97. The second-order valence-corrected chi connectivity index (χ2v) is 11.0. The van der Waals surface area contributed by atoms with Crippen LogP contribution >= 0.6 is 0 Å². The summed E-state index contributed by atoms with van der Waals surface area (Å²) in [5, 5.41) is 25.1. The highest BCUT2D eigenvalue weighted by molar-refractivity contribution is 5.95. The number of nitrogens with zero attached hydrogens (tertiary/aromatic N) is 5. The summed E-state index contributed by atoms with van der Waals surface area (Å²) in [6.07, 6.45) is 3.67. The Morgan fingerprint density at radius 3 is 2.51 bits per heavy atom. The lowest BCUT2D eigenvalue weighted by molar-refractivity contribution is -0.622. The van der Waals surface area contributed by atoms with Gasteiger partial charge in [-0.2, -0.15) is 4.73 Å². The van der Waals surface area contributed by atoms with Gasteiger partial charge in [0.2, 0.25) is 17.5 Å². The third kappa shape index (κ3) is 6.74. The largest absolute Gasteiger partial charge is 0.618 e. The van der Waals surface area contributed by atoms with Gasteiger partial charge in [-0.15, -0.1) is 0 Å². The first-order valence-electron chi connectivity index (χ1n) is 12.9. The molecule has 0 spiro atoms. The van der Waals surface area contributed by atoms with Crippen molar-refractivity contribution >= 4 is 17.6 Å². The van der Waals surface area contributed by atoms with E-state index in [-0.39, 0.29) is 40.5 Å². The van der Waals surface area contributed by atoms with E-state index in [9.17, 15) is 28.7 Å². The first-order valence-corrected chi connectivity index (χ1v) is 12.9. The van der Waals surface area contributed by atoms with Gasteiger partial charge in [0, 0.05) is 37.8 Å². The molecule has 0 radical (unpaired) electrons. The van der Waals surface area contributed by atoms with Crippen LogP contribution in [0.15, 0.2) is 48.9 Å². The van der Waals surface area contributed by atoms with E-state index in [1.165, 1.54) is 44.6 Å². The van der Waals surface area contributed by atoms with Crippen molar-refractivity contribution in [1.82, 2.24) is 19.8 Å². The molecule has 4 rings (SSSR count). The number of hydrogen-bond donors (Lipinski definition) is 2. The van der Waals surface area contributed by atoms with Gasteiger partial charge < -0.3 is 25.3 Å². The third-order valence-corrected chi connectivity index (χ3v) is 6.88. The van der Waals surface area contributed by atoms with Crippen LogP contribution in [0, 0.1) is 16.8 Å².